The molecule has 2 rings (SSSR count). The molecule has 0 amide bonds. The molecule has 2 nitrogen and oxygen atoms in total. The van der Waals surface area contributed by atoms with Gasteiger partial charge in [0.1, 0.15) is 0 Å². The van der Waals surface area contributed by atoms with E-state index in [4.69, 9.17) is 0 Å². The lowest BCUT2D eigenvalue weighted by molar-refractivity contribution is 0.108. The minimum absolute atomic E-state index is 0.342. The lowest BCUT2D eigenvalue weighted by Crippen LogP contribution is -2.31. The average molecular weight is 275 g/mol. The Labute approximate surface area is 123 Å². The molecule has 0 spiro atoms. The minimum Gasteiger partial charge on any atom is -0.387 e. The van der Waals surface area contributed by atoms with Crippen LogP contribution in [-0.4, -0.2) is 29.6 Å². The molecular weight excluding hydrogens is 246 g/mol. The Kier molecular flexibility index (Phi) is 6.55. The SMILES string of the molecule is CCCc1ccc(C(O)CN2CCCCCCC2)cc1. The first-order valence-electron chi connectivity index (χ1n) is 8.29. The van der Waals surface area contributed by atoms with E-state index in [0.29, 0.717) is 0 Å². The number of aryl methyl sites for hydroxylation is 1. The van der Waals surface area contributed by atoms with Crippen LogP contribution in [0.1, 0.15) is 62.7 Å². The van der Waals surface area contributed by atoms with Crippen LogP contribution in [0.25, 0.3) is 0 Å². The molecule has 0 radical (unpaired) electrons. The van der Waals surface area contributed by atoms with E-state index in [0.717, 1.165) is 31.6 Å². The standard InChI is InChI=1S/C18H29NO/c1-2-8-16-9-11-17(12-10-16)18(20)15-19-13-6-4-3-5-7-14-19/h9-12,18,20H,2-8,13-15H2,1H3. The third-order valence-corrected chi connectivity index (χ3v) is 4.28. The van der Waals surface area contributed by atoms with Crippen molar-refractivity contribution in [2.24, 2.45) is 0 Å². The van der Waals surface area contributed by atoms with Gasteiger partial charge in [-0.15, -0.1) is 0 Å². The van der Waals surface area contributed by atoms with Crippen molar-refractivity contribution in [1.29, 1.82) is 0 Å². The molecule has 1 aliphatic rings. The summed E-state index contributed by atoms with van der Waals surface area (Å²) in [6.45, 7) is 5.27. The molecule has 112 valence electrons. The van der Waals surface area contributed by atoms with Crippen LogP contribution >= 0.6 is 0 Å². The number of hydrogen-bond donors (Lipinski definition) is 1. The van der Waals surface area contributed by atoms with E-state index in [1.54, 1.807) is 0 Å². The topological polar surface area (TPSA) is 23.5 Å². The van der Waals surface area contributed by atoms with Crippen LogP contribution in [0.5, 0.6) is 0 Å². The Morgan fingerprint density at radius 3 is 2.20 bits per heavy atom. The molecule has 1 unspecified atom stereocenters. The first-order chi connectivity index (χ1) is 9.79. The van der Waals surface area contributed by atoms with Crippen LogP contribution in [-0.2, 0) is 6.42 Å². The van der Waals surface area contributed by atoms with Crippen LogP contribution in [0, 0.1) is 0 Å². The second kappa shape index (κ2) is 8.43. The van der Waals surface area contributed by atoms with Gasteiger partial charge in [0.25, 0.3) is 0 Å². The fourth-order valence-corrected chi connectivity index (χ4v) is 3.04. The summed E-state index contributed by atoms with van der Waals surface area (Å²) in [5.74, 6) is 0. The third kappa shape index (κ3) is 4.92. The lowest BCUT2D eigenvalue weighted by Gasteiger charge is -2.27. The predicted molar refractivity (Wildman–Crippen MR) is 84.9 cm³/mol. The highest BCUT2D eigenvalue weighted by Gasteiger charge is 2.14. The molecule has 1 aromatic rings. The van der Waals surface area contributed by atoms with Crippen molar-refractivity contribution < 1.29 is 5.11 Å². The molecule has 1 N–H and O–H groups in total. The van der Waals surface area contributed by atoms with Gasteiger partial charge in [-0.3, -0.25) is 0 Å². The van der Waals surface area contributed by atoms with Crippen LogP contribution in [0.2, 0.25) is 0 Å². The van der Waals surface area contributed by atoms with Crippen molar-refractivity contribution in [3.63, 3.8) is 0 Å². The largest absolute Gasteiger partial charge is 0.387 e. The number of rotatable bonds is 5. The molecule has 0 aromatic heterocycles. The van der Waals surface area contributed by atoms with Gasteiger partial charge in [0.05, 0.1) is 6.10 Å². The number of benzene rings is 1. The van der Waals surface area contributed by atoms with Gasteiger partial charge in [-0.2, -0.15) is 0 Å². The van der Waals surface area contributed by atoms with Crippen LogP contribution in [0.3, 0.4) is 0 Å². The van der Waals surface area contributed by atoms with E-state index < -0.39 is 0 Å². The minimum atomic E-state index is -0.342. The summed E-state index contributed by atoms with van der Waals surface area (Å²) >= 11 is 0. The summed E-state index contributed by atoms with van der Waals surface area (Å²) in [6, 6.07) is 8.52. The second-order valence-electron chi connectivity index (χ2n) is 6.08. The number of likely N-dealkylation sites (tertiary alicyclic amines) is 1. The van der Waals surface area contributed by atoms with Gasteiger partial charge in [0, 0.05) is 6.54 Å². The Morgan fingerprint density at radius 1 is 1.00 bits per heavy atom. The van der Waals surface area contributed by atoms with Gasteiger partial charge in [0.2, 0.25) is 0 Å². The van der Waals surface area contributed by atoms with E-state index in [1.165, 1.54) is 44.1 Å². The summed E-state index contributed by atoms with van der Waals surface area (Å²) < 4.78 is 0. The molecule has 1 heterocycles. The molecular formula is C18H29NO. The van der Waals surface area contributed by atoms with Crippen molar-refractivity contribution >= 4 is 0 Å². The summed E-state index contributed by atoms with van der Waals surface area (Å²) in [4.78, 5) is 2.43. The molecule has 0 aliphatic carbocycles. The van der Waals surface area contributed by atoms with Gasteiger partial charge in [-0.25, -0.2) is 0 Å². The number of β-amino-alcohol motifs (C(OH)–C–C–N with tert-alkyl or cyclic N) is 1. The van der Waals surface area contributed by atoms with Crippen molar-refractivity contribution in [3.05, 3.63) is 35.4 Å². The Hall–Kier alpha value is -0.860. The van der Waals surface area contributed by atoms with Crippen LogP contribution in [0.15, 0.2) is 24.3 Å². The smallest absolute Gasteiger partial charge is 0.0916 e. The van der Waals surface area contributed by atoms with Gasteiger partial charge < -0.3 is 10.0 Å². The highest BCUT2D eigenvalue weighted by Crippen LogP contribution is 2.18. The fraction of sp³-hybridized carbons (Fsp3) is 0.667. The highest BCUT2D eigenvalue weighted by atomic mass is 16.3. The number of aliphatic hydroxyl groups excluding tert-OH is 1. The number of nitrogens with zero attached hydrogens (tertiary/aromatic N) is 1. The molecule has 0 saturated carbocycles. The maximum Gasteiger partial charge on any atom is 0.0916 e. The molecule has 0 bridgehead atoms. The zero-order valence-electron chi connectivity index (χ0n) is 12.9. The summed E-state index contributed by atoms with van der Waals surface area (Å²) in [7, 11) is 0. The third-order valence-electron chi connectivity index (χ3n) is 4.28. The van der Waals surface area contributed by atoms with E-state index in [2.05, 4.69) is 36.1 Å². The fourth-order valence-electron chi connectivity index (χ4n) is 3.04. The summed E-state index contributed by atoms with van der Waals surface area (Å²) in [6.07, 6.45) is 8.60. The monoisotopic (exact) mass is 275 g/mol. The van der Waals surface area contributed by atoms with Crippen LogP contribution < -0.4 is 0 Å². The normalized spacial score (nSPS) is 19.3. The summed E-state index contributed by atoms with van der Waals surface area (Å²) in [5.41, 5.74) is 2.43. The first kappa shape index (κ1) is 15.5. The van der Waals surface area contributed by atoms with Crippen LogP contribution in [0.4, 0.5) is 0 Å². The molecule has 1 fully saturated rings. The van der Waals surface area contributed by atoms with Crippen molar-refractivity contribution in [2.75, 3.05) is 19.6 Å². The number of aliphatic hydroxyl groups is 1. The van der Waals surface area contributed by atoms with Crippen molar-refractivity contribution in [1.82, 2.24) is 4.90 Å². The average Bonchev–Trinajstić information content (AvgIpc) is 2.43. The quantitative estimate of drug-likeness (QED) is 0.880. The predicted octanol–water partition coefficient (Wildman–Crippen LogP) is 3.94. The van der Waals surface area contributed by atoms with Gasteiger partial charge in [0.15, 0.2) is 0 Å². The maximum absolute atomic E-state index is 10.4. The van der Waals surface area contributed by atoms with Crippen molar-refractivity contribution in [3.8, 4) is 0 Å². The molecule has 2 heteroatoms. The van der Waals surface area contributed by atoms with Gasteiger partial charge in [-0.1, -0.05) is 56.9 Å². The first-order valence-corrected chi connectivity index (χ1v) is 8.29. The molecule has 1 aliphatic heterocycles. The zero-order chi connectivity index (χ0) is 14.2. The van der Waals surface area contributed by atoms with E-state index in [9.17, 15) is 5.11 Å². The van der Waals surface area contributed by atoms with E-state index in [1.807, 2.05) is 0 Å². The van der Waals surface area contributed by atoms with E-state index in [-0.39, 0.29) is 6.10 Å². The lowest BCUT2D eigenvalue weighted by atomic mass is 10.0. The Morgan fingerprint density at radius 2 is 1.60 bits per heavy atom. The zero-order valence-corrected chi connectivity index (χ0v) is 12.9. The van der Waals surface area contributed by atoms with E-state index >= 15 is 0 Å². The van der Waals surface area contributed by atoms with Gasteiger partial charge in [-0.05, 0) is 43.5 Å². The highest BCUT2D eigenvalue weighted by molar-refractivity contribution is 5.24. The molecule has 1 atom stereocenters. The molecule has 20 heavy (non-hydrogen) atoms. The van der Waals surface area contributed by atoms with Crippen molar-refractivity contribution in [2.45, 2.75) is 58.0 Å². The number of hydrogen-bond acceptors (Lipinski definition) is 2. The molecule has 1 saturated heterocycles. The summed E-state index contributed by atoms with van der Waals surface area (Å²) in [5, 5.41) is 10.4. The second-order valence-corrected chi connectivity index (χ2v) is 6.08. The molecule has 1 aromatic carbocycles. The Bertz CT molecular complexity index is 366. The maximum atomic E-state index is 10.4. The Balaban J connectivity index is 1.87. The van der Waals surface area contributed by atoms with Gasteiger partial charge >= 0.3 is 0 Å².